The summed E-state index contributed by atoms with van der Waals surface area (Å²) in [5.74, 6) is 0.820. The first-order valence-electron chi connectivity index (χ1n) is 9.33. The van der Waals surface area contributed by atoms with Crippen LogP contribution in [0.25, 0.3) is 10.2 Å². The van der Waals surface area contributed by atoms with Crippen molar-refractivity contribution in [2.45, 2.75) is 37.8 Å². The van der Waals surface area contributed by atoms with Gasteiger partial charge in [-0.1, -0.05) is 18.2 Å². The summed E-state index contributed by atoms with van der Waals surface area (Å²) in [5, 5.41) is 2.10. The van der Waals surface area contributed by atoms with Gasteiger partial charge in [-0.3, -0.25) is 4.79 Å². The molecule has 2 aromatic heterocycles. The molecule has 0 radical (unpaired) electrons. The Kier molecular flexibility index (Phi) is 5.66. The maximum Gasteiger partial charge on any atom is 0.227 e. The first kappa shape index (κ1) is 19.4. The number of fused-ring (bicyclic) bond motifs is 2. The van der Waals surface area contributed by atoms with E-state index in [1.165, 1.54) is 16.0 Å². The number of nitrogens with zero attached hydrogens (tertiary/aromatic N) is 3. The molecule has 1 amide bonds. The fourth-order valence-corrected chi connectivity index (χ4v) is 5.63. The highest BCUT2D eigenvalue weighted by atomic mass is 32.2. The first-order valence-corrected chi connectivity index (χ1v) is 11.1. The molecule has 0 bridgehead atoms. The fourth-order valence-electron chi connectivity index (χ4n) is 3.58. The number of anilines is 1. The summed E-state index contributed by atoms with van der Waals surface area (Å²) < 4.78 is 5.55. The van der Waals surface area contributed by atoms with Crippen LogP contribution in [0.2, 0.25) is 0 Å². The van der Waals surface area contributed by atoms with Crippen molar-refractivity contribution in [3.05, 3.63) is 46.6 Å². The Hall–Kier alpha value is -1.96. The zero-order chi connectivity index (χ0) is 19.7. The minimum absolute atomic E-state index is 0.0458. The number of rotatable bonds is 5. The van der Waals surface area contributed by atoms with E-state index in [-0.39, 0.29) is 12.0 Å². The van der Waals surface area contributed by atoms with Crippen LogP contribution in [0.4, 0.5) is 5.69 Å². The van der Waals surface area contributed by atoms with Gasteiger partial charge in [0.1, 0.15) is 16.2 Å². The smallest absolute Gasteiger partial charge is 0.227 e. The number of thioether (sulfide) groups is 1. The average Bonchev–Trinajstić information content (AvgIpc) is 3.01. The monoisotopic (exact) mass is 413 g/mol. The van der Waals surface area contributed by atoms with Crippen LogP contribution in [-0.2, 0) is 16.0 Å². The van der Waals surface area contributed by atoms with Crippen molar-refractivity contribution in [2.24, 2.45) is 0 Å². The zero-order valence-corrected chi connectivity index (χ0v) is 17.9. The molecular formula is C21H23N3O2S2. The molecule has 1 aromatic carbocycles. The number of methoxy groups -OCH3 is 1. The summed E-state index contributed by atoms with van der Waals surface area (Å²) in [6, 6.07) is 8.10. The third-order valence-corrected chi connectivity index (χ3v) is 7.34. The van der Waals surface area contributed by atoms with E-state index in [0.29, 0.717) is 18.7 Å². The van der Waals surface area contributed by atoms with Crippen molar-refractivity contribution in [2.75, 3.05) is 24.3 Å². The molecule has 0 unspecified atom stereocenters. The standard InChI is InChI=1S/C21H23N3O2S2/c1-13-14(2)28-21-19(13)20(22-12-23-21)27-9-8-18(25)24-11-16(26-3)10-15-6-4-5-7-17(15)24/h4-7,12,16H,8-11H2,1-3H3/t16-/m0/s1. The van der Waals surface area contributed by atoms with Crippen LogP contribution in [0.15, 0.2) is 35.6 Å². The van der Waals surface area contributed by atoms with E-state index in [1.54, 1.807) is 36.5 Å². The van der Waals surface area contributed by atoms with Crippen molar-refractivity contribution in [1.82, 2.24) is 9.97 Å². The maximum atomic E-state index is 13.0. The van der Waals surface area contributed by atoms with Crippen molar-refractivity contribution < 1.29 is 9.53 Å². The molecule has 3 aromatic rings. The SMILES string of the molecule is CO[C@H]1Cc2ccccc2N(C(=O)CCSc2ncnc3sc(C)c(C)c23)C1. The normalized spacial score (nSPS) is 16.4. The van der Waals surface area contributed by atoms with Crippen LogP contribution < -0.4 is 4.90 Å². The molecule has 5 nitrogen and oxygen atoms in total. The van der Waals surface area contributed by atoms with Crippen LogP contribution in [-0.4, -0.2) is 41.4 Å². The predicted octanol–water partition coefficient (Wildman–Crippen LogP) is 4.39. The number of carbonyl (C=O) groups excluding carboxylic acids is 1. The number of hydrogen-bond acceptors (Lipinski definition) is 6. The second kappa shape index (κ2) is 8.19. The minimum atomic E-state index is 0.0458. The molecule has 0 saturated heterocycles. The number of thiophene rings is 1. The van der Waals surface area contributed by atoms with Gasteiger partial charge in [0.15, 0.2) is 0 Å². The maximum absolute atomic E-state index is 13.0. The molecule has 0 fully saturated rings. The van der Waals surface area contributed by atoms with Crippen LogP contribution >= 0.6 is 23.1 Å². The number of hydrogen-bond donors (Lipinski definition) is 0. The van der Waals surface area contributed by atoms with Gasteiger partial charge < -0.3 is 9.64 Å². The highest BCUT2D eigenvalue weighted by Gasteiger charge is 2.28. The summed E-state index contributed by atoms with van der Waals surface area (Å²) in [4.78, 5) is 26.0. The van der Waals surface area contributed by atoms with E-state index in [1.807, 2.05) is 23.1 Å². The molecule has 1 aliphatic heterocycles. The summed E-state index contributed by atoms with van der Waals surface area (Å²) in [5.41, 5.74) is 3.42. The van der Waals surface area contributed by atoms with Gasteiger partial charge in [0.05, 0.1) is 12.6 Å². The van der Waals surface area contributed by atoms with Gasteiger partial charge in [-0.15, -0.1) is 23.1 Å². The second-order valence-corrected chi connectivity index (χ2v) is 9.22. The molecule has 0 N–H and O–H groups in total. The second-order valence-electron chi connectivity index (χ2n) is 6.94. The molecule has 0 saturated carbocycles. The third kappa shape index (κ3) is 3.66. The molecule has 28 heavy (non-hydrogen) atoms. The summed E-state index contributed by atoms with van der Waals surface area (Å²) >= 11 is 3.33. The Morgan fingerprint density at radius 2 is 2.14 bits per heavy atom. The van der Waals surface area contributed by atoms with E-state index in [9.17, 15) is 4.79 Å². The Morgan fingerprint density at radius 3 is 2.96 bits per heavy atom. The van der Waals surface area contributed by atoms with Crippen molar-refractivity contribution in [3.8, 4) is 0 Å². The van der Waals surface area contributed by atoms with Gasteiger partial charge in [0, 0.05) is 41.7 Å². The topological polar surface area (TPSA) is 55.3 Å². The molecule has 0 spiro atoms. The molecule has 1 aliphatic rings. The fraction of sp³-hybridized carbons (Fsp3) is 0.381. The number of aryl methyl sites for hydroxylation is 2. The Morgan fingerprint density at radius 1 is 1.32 bits per heavy atom. The van der Waals surface area contributed by atoms with Crippen LogP contribution in [0.3, 0.4) is 0 Å². The molecule has 7 heteroatoms. The number of aromatic nitrogens is 2. The Balaban J connectivity index is 1.47. The Labute approximate surface area is 173 Å². The van der Waals surface area contributed by atoms with Crippen molar-refractivity contribution in [1.29, 1.82) is 0 Å². The van der Waals surface area contributed by atoms with E-state index >= 15 is 0 Å². The minimum Gasteiger partial charge on any atom is -0.379 e. The molecule has 1 atom stereocenters. The van der Waals surface area contributed by atoms with Crippen molar-refractivity contribution in [3.63, 3.8) is 0 Å². The molecular weight excluding hydrogens is 390 g/mol. The van der Waals surface area contributed by atoms with Gasteiger partial charge in [0.2, 0.25) is 5.91 Å². The number of amides is 1. The van der Waals surface area contributed by atoms with E-state index in [0.717, 1.165) is 27.4 Å². The molecule has 0 aliphatic carbocycles. The molecule has 146 valence electrons. The lowest BCUT2D eigenvalue weighted by molar-refractivity contribution is -0.118. The lowest BCUT2D eigenvalue weighted by atomic mass is 9.99. The zero-order valence-electron chi connectivity index (χ0n) is 16.3. The number of benzene rings is 1. The highest BCUT2D eigenvalue weighted by molar-refractivity contribution is 7.99. The van der Waals surface area contributed by atoms with Gasteiger partial charge in [-0.05, 0) is 31.0 Å². The van der Waals surface area contributed by atoms with E-state index in [2.05, 4.69) is 29.9 Å². The number of carbonyl (C=O) groups is 1. The lowest BCUT2D eigenvalue weighted by Crippen LogP contribution is -2.43. The largest absolute Gasteiger partial charge is 0.379 e. The summed E-state index contributed by atoms with van der Waals surface area (Å²) in [7, 11) is 1.71. The van der Waals surface area contributed by atoms with Crippen LogP contribution in [0.1, 0.15) is 22.4 Å². The first-order chi connectivity index (χ1) is 13.6. The van der Waals surface area contributed by atoms with E-state index < -0.39 is 0 Å². The van der Waals surface area contributed by atoms with Gasteiger partial charge in [-0.25, -0.2) is 9.97 Å². The van der Waals surface area contributed by atoms with Gasteiger partial charge in [0.25, 0.3) is 0 Å². The quantitative estimate of drug-likeness (QED) is 0.458. The van der Waals surface area contributed by atoms with Crippen LogP contribution in [0.5, 0.6) is 0 Å². The number of ether oxygens (including phenoxy) is 1. The van der Waals surface area contributed by atoms with Gasteiger partial charge >= 0.3 is 0 Å². The third-order valence-electron chi connectivity index (χ3n) is 5.24. The number of para-hydroxylation sites is 1. The predicted molar refractivity (Wildman–Crippen MR) is 116 cm³/mol. The summed E-state index contributed by atoms with van der Waals surface area (Å²) in [6.07, 6.45) is 2.97. The van der Waals surface area contributed by atoms with Crippen LogP contribution in [0, 0.1) is 13.8 Å². The Bertz CT molecular complexity index is 1020. The van der Waals surface area contributed by atoms with E-state index in [4.69, 9.17) is 4.74 Å². The van der Waals surface area contributed by atoms with Gasteiger partial charge in [-0.2, -0.15) is 0 Å². The summed E-state index contributed by atoms with van der Waals surface area (Å²) in [6.45, 7) is 4.83. The molecule has 3 heterocycles. The average molecular weight is 414 g/mol. The molecule has 4 rings (SSSR count). The highest BCUT2D eigenvalue weighted by Crippen LogP contribution is 2.35. The lowest BCUT2D eigenvalue weighted by Gasteiger charge is -2.34. The van der Waals surface area contributed by atoms with Crippen molar-refractivity contribution >= 4 is 44.9 Å².